The number of carbonyl (C=O) groups is 1. The lowest BCUT2D eigenvalue weighted by atomic mass is 10.2. The summed E-state index contributed by atoms with van der Waals surface area (Å²) in [6, 6.07) is 5.24. The predicted molar refractivity (Wildman–Crippen MR) is 106 cm³/mol. The molecule has 30 heavy (non-hydrogen) atoms. The normalized spacial score (nSPS) is 22.1. The van der Waals surface area contributed by atoms with E-state index in [0.717, 1.165) is 31.3 Å². The Bertz CT molecular complexity index is 1070. The highest BCUT2D eigenvalue weighted by atomic mass is 35.5. The molecule has 2 fully saturated rings. The minimum Gasteiger partial charge on any atom is -0.355 e. The average Bonchev–Trinajstić information content (AvgIpc) is 3.15. The Balaban J connectivity index is 1.10. The van der Waals surface area contributed by atoms with E-state index in [0.29, 0.717) is 30.1 Å². The van der Waals surface area contributed by atoms with Crippen molar-refractivity contribution in [2.75, 3.05) is 24.5 Å². The van der Waals surface area contributed by atoms with E-state index < -0.39 is 5.82 Å². The molecular formula is C20H18ClFN6O2. The van der Waals surface area contributed by atoms with Gasteiger partial charge in [-0.1, -0.05) is 5.16 Å². The van der Waals surface area contributed by atoms with Gasteiger partial charge < -0.3 is 14.7 Å². The quantitative estimate of drug-likeness (QED) is 0.603. The first kappa shape index (κ1) is 18.9. The van der Waals surface area contributed by atoms with Gasteiger partial charge in [0.05, 0.1) is 6.20 Å². The van der Waals surface area contributed by atoms with Crippen LogP contribution in [0, 0.1) is 23.6 Å². The molecule has 1 saturated heterocycles. The van der Waals surface area contributed by atoms with E-state index in [1.807, 2.05) is 11.0 Å². The molecule has 3 atom stereocenters. The summed E-state index contributed by atoms with van der Waals surface area (Å²) in [5.74, 6) is 1.54. The molecular weight excluding hydrogens is 411 g/mol. The number of rotatable bonds is 6. The van der Waals surface area contributed by atoms with Crippen LogP contribution in [0.5, 0.6) is 0 Å². The molecule has 0 radical (unpaired) electrons. The molecule has 3 aromatic heterocycles. The zero-order valence-corrected chi connectivity index (χ0v) is 16.6. The second-order valence-electron chi connectivity index (χ2n) is 7.57. The van der Waals surface area contributed by atoms with Crippen molar-refractivity contribution >= 4 is 23.3 Å². The van der Waals surface area contributed by atoms with E-state index in [-0.39, 0.29) is 22.7 Å². The fourth-order valence-corrected chi connectivity index (χ4v) is 4.41. The van der Waals surface area contributed by atoms with Gasteiger partial charge in [0.1, 0.15) is 0 Å². The molecule has 8 nitrogen and oxygen atoms in total. The molecule has 0 unspecified atom stereocenters. The molecule has 0 aromatic carbocycles. The third kappa shape index (κ3) is 3.60. The van der Waals surface area contributed by atoms with Crippen molar-refractivity contribution in [1.29, 1.82) is 0 Å². The molecule has 1 aliphatic heterocycles. The zero-order valence-electron chi connectivity index (χ0n) is 15.8. The lowest BCUT2D eigenvalue weighted by Crippen LogP contribution is -2.28. The summed E-state index contributed by atoms with van der Waals surface area (Å²) < 4.78 is 19.2. The van der Waals surface area contributed by atoms with E-state index in [4.69, 9.17) is 16.1 Å². The van der Waals surface area contributed by atoms with Gasteiger partial charge in [-0.2, -0.15) is 4.98 Å². The highest BCUT2D eigenvalue weighted by Crippen LogP contribution is 2.54. The van der Waals surface area contributed by atoms with E-state index in [2.05, 4.69) is 25.4 Å². The summed E-state index contributed by atoms with van der Waals surface area (Å²) >= 11 is 5.79. The summed E-state index contributed by atoms with van der Waals surface area (Å²) in [5, 5.41) is 6.78. The van der Waals surface area contributed by atoms with Gasteiger partial charge in [-0.05, 0) is 47.9 Å². The number of hydrogen-bond donors (Lipinski definition) is 1. The van der Waals surface area contributed by atoms with E-state index in [1.165, 1.54) is 0 Å². The Labute approximate surface area is 176 Å². The molecule has 1 N–H and O–H groups in total. The zero-order chi connectivity index (χ0) is 20.7. The van der Waals surface area contributed by atoms with Gasteiger partial charge in [0.2, 0.25) is 5.28 Å². The average molecular weight is 429 g/mol. The SMILES string of the molecule is O=C(NCC[C@@H]1[C@H]2CN(c3nc(Cl)ncc3F)C[C@@H]12)c1cc(-c2cccnc2)on1. The molecule has 1 aliphatic carbocycles. The highest BCUT2D eigenvalue weighted by molar-refractivity contribution is 6.28. The van der Waals surface area contributed by atoms with Crippen LogP contribution in [0.15, 0.2) is 41.3 Å². The number of nitrogens with zero attached hydrogens (tertiary/aromatic N) is 5. The maximum atomic E-state index is 13.9. The molecule has 3 aromatic rings. The highest BCUT2D eigenvalue weighted by Gasteiger charge is 2.55. The molecule has 10 heteroatoms. The van der Waals surface area contributed by atoms with Crippen molar-refractivity contribution in [3.63, 3.8) is 0 Å². The van der Waals surface area contributed by atoms with Crippen molar-refractivity contribution in [3.8, 4) is 11.3 Å². The second-order valence-corrected chi connectivity index (χ2v) is 7.91. The molecule has 154 valence electrons. The van der Waals surface area contributed by atoms with Crippen molar-refractivity contribution in [2.45, 2.75) is 6.42 Å². The third-order valence-electron chi connectivity index (χ3n) is 5.82. The van der Waals surface area contributed by atoms with E-state index >= 15 is 0 Å². The summed E-state index contributed by atoms with van der Waals surface area (Å²) in [6.45, 7) is 2.04. The van der Waals surface area contributed by atoms with Crippen LogP contribution in [-0.4, -0.2) is 45.7 Å². The van der Waals surface area contributed by atoms with Crippen molar-refractivity contribution < 1.29 is 13.7 Å². The first-order valence-electron chi connectivity index (χ1n) is 9.68. The molecule has 0 spiro atoms. The molecule has 0 bridgehead atoms. The van der Waals surface area contributed by atoms with Crippen molar-refractivity contribution in [1.82, 2.24) is 25.4 Å². The standard InChI is InChI=1S/C20H18ClFN6O2/c21-20-25-8-15(22)18(26-20)28-9-13-12(14(13)10-28)3-5-24-19(29)16-6-17(30-27-16)11-2-1-4-23-7-11/h1-2,4,6-8,12-14H,3,5,9-10H2,(H,24,29)/t12-,13-,14+. The van der Waals surface area contributed by atoms with Crippen LogP contribution < -0.4 is 10.2 Å². The van der Waals surface area contributed by atoms with Crippen LogP contribution in [0.3, 0.4) is 0 Å². The predicted octanol–water partition coefficient (Wildman–Crippen LogP) is 2.82. The number of hydrogen-bond acceptors (Lipinski definition) is 7. The monoisotopic (exact) mass is 428 g/mol. The Morgan fingerprint density at radius 2 is 2.17 bits per heavy atom. The Morgan fingerprint density at radius 3 is 2.93 bits per heavy atom. The second kappa shape index (κ2) is 7.64. The number of anilines is 1. The molecule has 1 amide bonds. The first-order valence-corrected chi connectivity index (χ1v) is 10.1. The minimum atomic E-state index is -0.456. The number of nitrogens with one attached hydrogen (secondary N) is 1. The van der Waals surface area contributed by atoms with Gasteiger partial charge in [0, 0.05) is 43.7 Å². The Morgan fingerprint density at radius 1 is 1.33 bits per heavy atom. The lowest BCUT2D eigenvalue weighted by Gasteiger charge is -2.21. The van der Waals surface area contributed by atoms with Gasteiger partial charge in [-0.25, -0.2) is 9.37 Å². The van der Waals surface area contributed by atoms with E-state index in [9.17, 15) is 9.18 Å². The number of amides is 1. The fourth-order valence-electron chi connectivity index (χ4n) is 4.28. The van der Waals surface area contributed by atoms with Gasteiger partial charge in [0.15, 0.2) is 23.1 Å². The van der Waals surface area contributed by atoms with Gasteiger partial charge >= 0.3 is 0 Å². The fraction of sp³-hybridized carbons (Fsp3) is 0.350. The smallest absolute Gasteiger partial charge is 0.273 e. The summed E-state index contributed by atoms with van der Waals surface area (Å²) in [4.78, 5) is 25.9. The maximum Gasteiger partial charge on any atom is 0.273 e. The number of pyridine rings is 1. The van der Waals surface area contributed by atoms with Crippen LogP contribution in [-0.2, 0) is 0 Å². The molecule has 2 aliphatic rings. The third-order valence-corrected chi connectivity index (χ3v) is 6.00. The number of piperidine rings is 1. The molecule has 5 rings (SSSR count). The van der Waals surface area contributed by atoms with Crippen LogP contribution in [0.1, 0.15) is 16.9 Å². The Hall–Kier alpha value is -3.07. The number of carbonyl (C=O) groups excluding carboxylic acids is 1. The van der Waals surface area contributed by atoms with Gasteiger partial charge in [-0.3, -0.25) is 9.78 Å². The van der Waals surface area contributed by atoms with Crippen LogP contribution in [0.4, 0.5) is 10.2 Å². The summed E-state index contributed by atoms with van der Waals surface area (Å²) in [7, 11) is 0. The van der Waals surface area contributed by atoms with Gasteiger partial charge in [-0.15, -0.1) is 0 Å². The summed E-state index contributed by atoms with van der Waals surface area (Å²) in [5.41, 5.74) is 1.01. The number of fused-ring (bicyclic) bond motifs is 1. The largest absolute Gasteiger partial charge is 0.355 e. The molecule has 1 saturated carbocycles. The van der Waals surface area contributed by atoms with Crippen molar-refractivity contribution in [2.24, 2.45) is 17.8 Å². The number of aromatic nitrogens is 4. The van der Waals surface area contributed by atoms with E-state index in [1.54, 1.807) is 24.5 Å². The van der Waals surface area contributed by atoms with Gasteiger partial charge in [0.25, 0.3) is 5.91 Å². The van der Waals surface area contributed by atoms with Crippen LogP contribution in [0.2, 0.25) is 5.28 Å². The number of halogens is 2. The minimum absolute atomic E-state index is 0.0470. The lowest BCUT2D eigenvalue weighted by molar-refractivity contribution is 0.0943. The van der Waals surface area contributed by atoms with Crippen LogP contribution in [0.25, 0.3) is 11.3 Å². The molecule has 4 heterocycles. The summed E-state index contributed by atoms with van der Waals surface area (Å²) in [6.07, 6.45) is 5.29. The van der Waals surface area contributed by atoms with Crippen LogP contribution >= 0.6 is 11.6 Å². The topological polar surface area (TPSA) is 97.0 Å². The Kier molecular flexibility index (Phi) is 4.82. The first-order chi connectivity index (χ1) is 14.6. The maximum absolute atomic E-state index is 13.9. The van der Waals surface area contributed by atoms with Crippen molar-refractivity contribution in [3.05, 3.63) is 53.6 Å².